The van der Waals surface area contributed by atoms with Crippen LogP contribution in [0.3, 0.4) is 0 Å². The molecule has 0 aliphatic heterocycles. The summed E-state index contributed by atoms with van der Waals surface area (Å²) in [5.41, 5.74) is 4.79. The van der Waals surface area contributed by atoms with E-state index in [2.05, 4.69) is 10.6 Å². The normalized spacial score (nSPS) is 12.8. The topological polar surface area (TPSA) is 122 Å². The average Bonchev–Trinajstić information content (AvgIpc) is 2.13. The number of amides is 2. The fraction of sp³-hybridized carbons (Fsp3) is 0.727. The second-order valence-electron chi connectivity index (χ2n) is 5.06. The summed E-state index contributed by atoms with van der Waals surface area (Å²) in [6, 6.07) is -1.26. The highest BCUT2D eigenvalue weighted by molar-refractivity contribution is 5.88. The number of hydrogen-bond acceptors (Lipinski definition) is 4. The van der Waals surface area contributed by atoms with Crippen LogP contribution in [0.15, 0.2) is 0 Å². The van der Waals surface area contributed by atoms with Crippen molar-refractivity contribution in [1.82, 2.24) is 10.6 Å². The second kappa shape index (κ2) is 6.95. The fourth-order valence-electron chi connectivity index (χ4n) is 1.22. The molecular weight excluding hydrogens is 238 g/mol. The van der Waals surface area contributed by atoms with Crippen molar-refractivity contribution >= 4 is 17.8 Å². The summed E-state index contributed by atoms with van der Waals surface area (Å²) in [6.07, 6.45) is -0.270. The first kappa shape index (κ1) is 16.4. The first-order valence-corrected chi connectivity index (χ1v) is 5.67. The van der Waals surface area contributed by atoms with Gasteiger partial charge in [-0.3, -0.25) is 9.59 Å². The summed E-state index contributed by atoms with van der Waals surface area (Å²) in [4.78, 5) is 32.9. The van der Waals surface area contributed by atoms with Crippen molar-refractivity contribution in [3.8, 4) is 0 Å². The Bertz CT molecular complexity index is 323. The minimum Gasteiger partial charge on any atom is -0.480 e. The molecule has 7 heteroatoms. The first-order valence-electron chi connectivity index (χ1n) is 5.67. The van der Waals surface area contributed by atoms with E-state index in [1.807, 2.05) is 20.8 Å². The predicted molar refractivity (Wildman–Crippen MR) is 65.8 cm³/mol. The van der Waals surface area contributed by atoms with Crippen molar-refractivity contribution in [3.63, 3.8) is 0 Å². The molecule has 2 amide bonds. The lowest BCUT2D eigenvalue weighted by atomic mass is 10.1. The summed E-state index contributed by atoms with van der Waals surface area (Å²) >= 11 is 0. The Hall–Kier alpha value is -1.63. The monoisotopic (exact) mass is 259 g/mol. The van der Waals surface area contributed by atoms with Crippen molar-refractivity contribution in [1.29, 1.82) is 0 Å². The minimum absolute atomic E-state index is 0.111. The van der Waals surface area contributed by atoms with E-state index in [9.17, 15) is 14.4 Å². The van der Waals surface area contributed by atoms with E-state index in [1.165, 1.54) is 0 Å². The molecule has 104 valence electrons. The zero-order chi connectivity index (χ0) is 14.3. The van der Waals surface area contributed by atoms with Crippen molar-refractivity contribution < 1.29 is 19.5 Å². The number of hydrogen-bond donors (Lipinski definition) is 4. The molecule has 0 fully saturated rings. The molecule has 5 N–H and O–H groups in total. The minimum atomic E-state index is -1.27. The summed E-state index contributed by atoms with van der Waals surface area (Å²) in [5.74, 6) is -2.47. The molecule has 0 saturated heterocycles. The molecule has 0 rings (SSSR count). The standard InChI is InChI=1S/C11H21N3O4/c1-11(2,3)13-5-4-9(16)14-7(10(17)18)6-8(12)15/h7,13H,4-6H2,1-3H3,(H2,12,15)(H,14,16)(H,17,18)/t7-/m0/s1. The highest BCUT2D eigenvalue weighted by Gasteiger charge is 2.22. The molecule has 0 aromatic rings. The van der Waals surface area contributed by atoms with Gasteiger partial charge in [-0.2, -0.15) is 0 Å². The third kappa shape index (κ3) is 8.51. The van der Waals surface area contributed by atoms with E-state index in [0.29, 0.717) is 6.54 Å². The number of primary amides is 1. The molecule has 0 aromatic heterocycles. The molecule has 0 unspecified atom stereocenters. The predicted octanol–water partition coefficient (Wildman–Crippen LogP) is -0.791. The van der Waals surface area contributed by atoms with Crippen molar-refractivity contribution in [2.45, 2.75) is 45.2 Å². The maximum Gasteiger partial charge on any atom is 0.326 e. The number of carboxylic acids is 1. The molecular formula is C11H21N3O4. The fourth-order valence-corrected chi connectivity index (χ4v) is 1.22. The molecule has 0 aliphatic rings. The molecule has 18 heavy (non-hydrogen) atoms. The van der Waals surface area contributed by atoms with E-state index >= 15 is 0 Å². The van der Waals surface area contributed by atoms with Gasteiger partial charge in [-0.05, 0) is 20.8 Å². The molecule has 0 aromatic carbocycles. The van der Waals surface area contributed by atoms with Crippen LogP contribution in [0.25, 0.3) is 0 Å². The van der Waals surface area contributed by atoms with Gasteiger partial charge in [-0.1, -0.05) is 0 Å². The zero-order valence-electron chi connectivity index (χ0n) is 10.9. The van der Waals surface area contributed by atoms with E-state index in [-0.39, 0.29) is 12.0 Å². The van der Waals surface area contributed by atoms with Crippen LogP contribution < -0.4 is 16.4 Å². The number of rotatable bonds is 7. The summed E-state index contributed by atoms with van der Waals surface area (Å²) in [6.45, 7) is 6.30. The van der Waals surface area contributed by atoms with Crippen LogP contribution in [0.5, 0.6) is 0 Å². The summed E-state index contributed by atoms with van der Waals surface area (Å²) in [7, 11) is 0. The van der Waals surface area contributed by atoms with Gasteiger partial charge in [0.15, 0.2) is 0 Å². The van der Waals surface area contributed by atoms with Crippen LogP contribution in [-0.2, 0) is 14.4 Å². The van der Waals surface area contributed by atoms with Gasteiger partial charge >= 0.3 is 5.97 Å². The maximum atomic E-state index is 11.5. The van der Waals surface area contributed by atoms with Gasteiger partial charge in [0, 0.05) is 18.5 Å². The molecule has 0 bridgehead atoms. The molecule has 0 aliphatic carbocycles. The third-order valence-corrected chi connectivity index (χ3v) is 2.05. The molecule has 0 heterocycles. The van der Waals surface area contributed by atoms with E-state index < -0.39 is 30.2 Å². The number of carboxylic acid groups (broad SMARTS) is 1. The highest BCUT2D eigenvalue weighted by Crippen LogP contribution is 1.98. The molecule has 0 saturated carbocycles. The Labute approximate surface area is 106 Å². The SMILES string of the molecule is CC(C)(C)NCCC(=O)N[C@@H](CC(N)=O)C(=O)O. The number of carbonyl (C=O) groups is 3. The zero-order valence-corrected chi connectivity index (χ0v) is 10.9. The number of nitrogens with one attached hydrogen (secondary N) is 2. The van der Waals surface area contributed by atoms with Crippen molar-refractivity contribution in [3.05, 3.63) is 0 Å². The summed E-state index contributed by atoms with van der Waals surface area (Å²) in [5, 5.41) is 14.1. The lowest BCUT2D eigenvalue weighted by molar-refractivity contribution is -0.143. The molecule has 7 nitrogen and oxygen atoms in total. The maximum absolute atomic E-state index is 11.5. The number of aliphatic carboxylic acids is 1. The Morgan fingerprint density at radius 1 is 1.28 bits per heavy atom. The van der Waals surface area contributed by atoms with E-state index in [0.717, 1.165) is 0 Å². The molecule has 1 atom stereocenters. The Morgan fingerprint density at radius 2 is 1.83 bits per heavy atom. The van der Waals surface area contributed by atoms with E-state index in [1.54, 1.807) is 0 Å². The smallest absolute Gasteiger partial charge is 0.326 e. The van der Waals surface area contributed by atoms with Crippen LogP contribution in [0.4, 0.5) is 0 Å². The number of nitrogens with two attached hydrogens (primary N) is 1. The second-order valence-corrected chi connectivity index (χ2v) is 5.06. The van der Waals surface area contributed by atoms with Crippen LogP contribution >= 0.6 is 0 Å². The first-order chi connectivity index (χ1) is 8.11. The van der Waals surface area contributed by atoms with Crippen molar-refractivity contribution in [2.75, 3.05) is 6.54 Å². The molecule has 0 spiro atoms. The van der Waals surface area contributed by atoms with Crippen LogP contribution in [-0.4, -0.2) is 41.0 Å². The van der Waals surface area contributed by atoms with Gasteiger partial charge in [0.05, 0.1) is 6.42 Å². The van der Waals surface area contributed by atoms with Gasteiger partial charge in [-0.15, -0.1) is 0 Å². The number of carbonyl (C=O) groups excluding carboxylic acids is 2. The van der Waals surface area contributed by atoms with Gasteiger partial charge in [0.2, 0.25) is 11.8 Å². The van der Waals surface area contributed by atoms with E-state index in [4.69, 9.17) is 10.8 Å². The molecule has 0 radical (unpaired) electrons. The highest BCUT2D eigenvalue weighted by atomic mass is 16.4. The van der Waals surface area contributed by atoms with Crippen LogP contribution in [0.2, 0.25) is 0 Å². The van der Waals surface area contributed by atoms with Gasteiger partial charge in [-0.25, -0.2) is 4.79 Å². The van der Waals surface area contributed by atoms with Crippen molar-refractivity contribution in [2.24, 2.45) is 5.73 Å². The summed E-state index contributed by atoms with van der Waals surface area (Å²) < 4.78 is 0. The Kier molecular flexibility index (Phi) is 6.32. The lowest BCUT2D eigenvalue weighted by Crippen LogP contribution is -2.45. The largest absolute Gasteiger partial charge is 0.480 e. The van der Waals surface area contributed by atoms with Crippen LogP contribution in [0.1, 0.15) is 33.6 Å². The Morgan fingerprint density at radius 3 is 2.22 bits per heavy atom. The average molecular weight is 259 g/mol. The van der Waals surface area contributed by atoms with Crippen LogP contribution in [0, 0.1) is 0 Å². The van der Waals surface area contributed by atoms with Gasteiger partial charge < -0.3 is 21.5 Å². The third-order valence-electron chi connectivity index (χ3n) is 2.05. The lowest BCUT2D eigenvalue weighted by Gasteiger charge is -2.20. The van der Waals surface area contributed by atoms with Gasteiger partial charge in [0.1, 0.15) is 6.04 Å². The Balaban J connectivity index is 4.11. The quantitative estimate of drug-likeness (QED) is 0.477. The van der Waals surface area contributed by atoms with Gasteiger partial charge in [0.25, 0.3) is 0 Å².